The summed E-state index contributed by atoms with van der Waals surface area (Å²) in [6.45, 7) is 9.57. The first-order chi connectivity index (χ1) is 12.6. The number of amides is 1. The second kappa shape index (κ2) is 8.10. The molecule has 1 aromatic carbocycles. The maximum Gasteiger partial charge on any atom is 0.254 e. The van der Waals surface area contributed by atoms with Crippen molar-refractivity contribution in [2.45, 2.75) is 20.8 Å². The standard InChI is InChI=1S/C20H25N5O/c1-4-24(5-2)13-12-21-20(26)17-14-22-25(15(17)3)19-11-10-16-8-6-7-9-18(16)23-19/h6-11,14H,4-5,12-13H2,1-3H3,(H,21,26). The van der Waals surface area contributed by atoms with Crippen LogP contribution in [-0.2, 0) is 0 Å². The van der Waals surface area contributed by atoms with Gasteiger partial charge in [-0.05, 0) is 38.2 Å². The fourth-order valence-electron chi connectivity index (χ4n) is 3.00. The summed E-state index contributed by atoms with van der Waals surface area (Å²) >= 11 is 0. The average Bonchev–Trinajstić information content (AvgIpc) is 3.06. The third-order valence-corrected chi connectivity index (χ3v) is 4.66. The summed E-state index contributed by atoms with van der Waals surface area (Å²) < 4.78 is 1.71. The lowest BCUT2D eigenvalue weighted by atomic mass is 10.2. The van der Waals surface area contributed by atoms with Gasteiger partial charge in [0, 0.05) is 18.5 Å². The highest BCUT2D eigenvalue weighted by atomic mass is 16.1. The van der Waals surface area contributed by atoms with Gasteiger partial charge in [0.25, 0.3) is 5.91 Å². The molecule has 0 saturated heterocycles. The third kappa shape index (κ3) is 3.75. The van der Waals surface area contributed by atoms with E-state index >= 15 is 0 Å². The number of carbonyl (C=O) groups is 1. The van der Waals surface area contributed by atoms with E-state index in [2.05, 4.69) is 34.1 Å². The summed E-state index contributed by atoms with van der Waals surface area (Å²) in [5.74, 6) is 0.616. The number of para-hydroxylation sites is 1. The largest absolute Gasteiger partial charge is 0.351 e. The molecule has 3 rings (SSSR count). The second-order valence-corrected chi connectivity index (χ2v) is 6.20. The van der Waals surface area contributed by atoms with Crippen LogP contribution in [-0.4, -0.2) is 51.8 Å². The quantitative estimate of drug-likeness (QED) is 0.711. The lowest BCUT2D eigenvalue weighted by Crippen LogP contribution is -2.34. The van der Waals surface area contributed by atoms with E-state index in [-0.39, 0.29) is 5.91 Å². The SMILES string of the molecule is CCN(CC)CCNC(=O)c1cnn(-c2ccc3ccccc3n2)c1C. The van der Waals surface area contributed by atoms with Crippen LogP contribution < -0.4 is 5.32 Å². The van der Waals surface area contributed by atoms with Crippen LogP contribution >= 0.6 is 0 Å². The molecular formula is C20H25N5O. The molecule has 0 fully saturated rings. The monoisotopic (exact) mass is 351 g/mol. The molecule has 0 bridgehead atoms. The van der Waals surface area contributed by atoms with E-state index in [0.29, 0.717) is 17.9 Å². The van der Waals surface area contributed by atoms with E-state index in [1.165, 1.54) is 0 Å². The number of benzene rings is 1. The first-order valence-electron chi connectivity index (χ1n) is 9.05. The number of nitrogens with one attached hydrogen (secondary N) is 1. The van der Waals surface area contributed by atoms with E-state index in [9.17, 15) is 4.79 Å². The molecule has 3 aromatic rings. The second-order valence-electron chi connectivity index (χ2n) is 6.20. The minimum atomic E-state index is -0.0957. The summed E-state index contributed by atoms with van der Waals surface area (Å²) in [4.78, 5) is 19.4. The Hall–Kier alpha value is -2.73. The van der Waals surface area contributed by atoms with Crippen LogP contribution in [0.15, 0.2) is 42.6 Å². The van der Waals surface area contributed by atoms with Crippen molar-refractivity contribution in [3.8, 4) is 5.82 Å². The zero-order chi connectivity index (χ0) is 18.5. The number of fused-ring (bicyclic) bond motifs is 1. The van der Waals surface area contributed by atoms with E-state index in [4.69, 9.17) is 0 Å². The molecule has 2 aromatic heterocycles. The molecule has 26 heavy (non-hydrogen) atoms. The Morgan fingerprint density at radius 3 is 2.69 bits per heavy atom. The Labute approximate surface area is 153 Å². The molecular weight excluding hydrogens is 326 g/mol. The van der Waals surface area contributed by atoms with Gasteiger partial charge in [-0.2, -0.15) is 5.10 Å². The Morgan fingerprint density at radius 2 is 1.92 bits per heavy atom. The van der Waals surface area contributed by atoms with Gasteiger partial charge in [-0.25, -0.2) is 9.67 Å². The fourth-order valence-corrected chi connectivity index (χ4v) is 3.00. The van der Waals surface area contributed by atoms with Crippen molar-refractivity contribution in [2.24, 2.45) is 0 Å². The Bertz CT molecular complexity index is 898. The van der Waals surface area contributed by atoms with Gasteiger partial charge < -0.3 is 10.2 Å². The number of aromatic nitrogens is 3. The minimum Gasteiger partial charge on any atom is -0.351 e. The van der Waals surface area contributed by atoms with Crippen molar-refractivity contribution in [1.29, 1.82) is 0 Å². The van der Waals surface area contributed by atoms with Crippen molar-refractivity contribution in [2.75, 3.05) is 26.2 Å². The van der Waals surface area contributed by atoms with Crippen LogP contribution in [0, 0.1) is 6.92 Å². The van der Waals surface area contributed by atoms with Crippen molar-refractivity contribution in [1.82, 2.24) is 25.0 Å². The number of rotatable bonds is 7. The lowest BCUT2D eigenvalue weighted by molar-refractivity contribution is 0.0948. The zero-order valence-electron chi connectivity index (χ0n) is 15.6. The average molecular weight is 351 g/mol. The maximum absolute atomic E-state index is 12.5. The van der Waals surface area contributed by atoms with Gasteiger partial charge in [0.15, 0.2) is 5.82 Å². The summed E-state index contributed by atoms with van der Waals surface area (Å²) in [7, 11) is 0. The molecule has 0 atom stereocenters. The summed E-state index contributed by atoms with van der Waals surface area (Å²) in [5, 5.41) is 8.43. The number of carbonyl (C=O) groups excluding carboxylic acids is 1. The van der Waals surface area contributed by atoms with Crippen LogP contribution in [0.5, 0.6) is 0 Å². The predicted molar refractivity (Wildman–Crippen MR) is 104 cm³/mol. The molecule has 0 spiro atoms. The van der Waals surface area contributed by atoms with Crippen LogP contribution in [0.2, 0.25) is 0 Å². The Morgan fingerprint density at radius 1 is 1.15 bits per heavy atom. The van der Waals surface area contributed by atoms with Crippen LogP contribution in [0.1, 0.15) is 29.9 Å². The Balaban J connectivity index is 1.75. The van der Waals surface area contributed by atoms with Gasteiger partial charge in [0.1, 0.15) is 0 Å². The molecule has 136 valence electrons. The lowest BCUT2D eigenvalue weighted by Gasteiger charge is -2.17. The van der Waals surface area contributed by atoms with E-state index in [0.717, 1.165) is 36.2 Å². The van der Waals surface area contributed by atoms with E-state index in [1.54, 1.807) is 10.9 Å². The number of likely N-dealkylation sites (N-methyl/N-ethyl adjacent to an activating group) is 1. The molecule has 1 amide bonds. The highest BCUT2D eigenvalue weighted by molar-refractivity contribution is 5.95. The molecule has 1 N–H and O–H groups in total. The van der Waals surface area contributed by atoms with Gasteiger partial charge in [-0.3, -0.25) is 4.79 Å². The first kappa shape index (κ1) is 18.1. The van der Waals surface area contributed by atoms with Crippen LogP contribution in [0.3, 0.4) is 0 Å². The summed E-state index contributed by atoms with van der Waals surface area (Å²) in [6.07, 6.45) is 1.61. The number of hydrogen-bond donors (Lipinski definition) is 1. The Kier molecular flexibility index (Phi) is 5.63. The maximum atomic E-state index is 12.5. The fraction of sp³-hybridized carbons (Fsp3) is 0.350. The van der Waals surface area contributed by atoms with Gasteiger partial charge in [0.05, 0.1) is 23.0 Å². The minimum absolute atomic E-state index is 0.0957. The highest BCUT2D eigenvalue weighted by Gasteiger charge is 2.15. The number of nitrogens with zero attached hydrogens (tertiary/aromatic N) is 4. The van der Waals surface area contributed by atoms with Crippen molar-refractivity contribution >= 4 is 16.8 Å². The van der Waals surface area contributed by atoms with Gasteiger partial charge in [-0.1, -0.05) is 32.0 Å². The molecule has 0 unspecified atom stereocenters. The van der Waals surface area contributed by atoms with Crippen LogP contribution in [0.4, 0.5) is 0 Å². The topological polar surface area (TPSA) is 63.1 Å². The molecule has 0 aliphatic carbocycles. The molecule has 0 aliphatic rings. The zero-order valence-corrected chi connectivity index (χ0v) is 15.6. The molecule has 2 heterocycles. The van der Waals surface area contributed by atoms with Crippen molar-refractivity contribution in [3.63, 3.8) is 0 Å². The molecule has 0 radical (unpaired) electrons. The normalized spacial score (nSPS) is 11.2. The third-order valence-electron chi connectivity index (χ3n) is 4.66. The summed E-state index contributed by atoms with van der Waals surface area (Å²) in [5.41, 5.74) is 2.28. The summed E-state index contributed by atoms with van der Waals surface area (Å²) in [6, 6.07) is 11.9. The molecule has 6 nitrogen and oxygen atoms in total. The molecule has 6 heteroatoms. The van der Waals surface area contributed by atoms with Crippen molar-refractivity contribution < 1.29 is 4.79 Å². The van der Waals surface area contributed by atoms with Gasteiger partial charge in [0.2, 0.25) is 0 Å². The van der Waals surface area contributed by atoms with Gasteiger partial charge in [-0.15, -0.1) is 0 Å². The van der Waals surface area contributed by atoms with Crippen molar-refractivity contribution in [3.05, 3.63) is 53.9 Å². The van der Waals surface area contributed by atoms with Gasteiger partial charge >= 0.3 is 0 Å². The molecule has 0 saturated carbocycles. The number of pyridine rings is 1. The first-order valence-corrected chi connectivity index (χ1v) is 9.05. The van der Waals surface area contributed by atoms with Crippen LogP contribution in [0.25, 0.3) is 16.7 Å². The van der Waals surface area contributed by atoms with E-state index in [1.807, 2.05) is 43.3 Å². The molecule has 0 aliphatic heterocycles. The number of hydrogen-bond acceptors (Lipinski definition) is 4. The van der Waals surface area contributed by atoms with E-state index < -0.39 is 0 Å². The highest BCUT2D eigenvalue weighted by Crippen LogP contribution is 2.17. The predicted octanol–water partition coefficient (Wildman–Crippen LogP) is 2.80. The smallest absolute Gasteiger partial charge is 0.254 e.